The molecule has 1 aromatic rings. The van der Waals surface area contributed by atoms with E-state index in [1.807, 2.05) is 39.6 Å². The number of hydrogen-bond acceptors (Lipinski definition) is 11. The first-order chi connectivity index (χ1) is 20.2. The van der Waals surface area contributed by atoms with Crippen molar-refractivity contribution in [1.29, 1.82) is 0 Å². The number of hydrogen-bond donors (Lipinski definition) is 7. The summed E-state index contributed by atoms with van der Waals surface area (Å²) in [6, 6.07) is 1.01. The van der Waals surface area contributed by atoms with E-state index in [4.69, 9.17) is 5.73 Å². The number of amides is 2. The number of nitrogens with one attached hydrogen (secondary N) is 1. The Kier molecular flexibility index (Phi) is 8.27. The number of carbonyl (C=O) groups is 4. The van der Waals surface area contributed by atoms with Crippen molar-refractivity contribution in [3.05, 3.63) is 40.2 Å². The molecule has 1 fully saturated rings. The van der Waals surface area contributed by atoms with Gasteiger partial charge in [-0.2, -0.15) is 0 Å². The van der Waals surface area contributed by atoms with Crippen molar-refractivity contribution in [2.75, 3.05) is 26.5 Å². The highest BCUT2D eigenvalue weighted by atomic mass is 16.4. The van der Waals surface area contributed by atoms with E-state index < -0.39 is 93.3 Å². The fourth-order valence-electron chi connectivity index (χ4n) is 7.04. The maximum Gasteiger partial charge on any atom is 0.255 e. The van der Waals surface area contributed by atoms with Crippen LogP contribution in [0.4, 0.5) is 5.69 Å². The summed E-state index contributed by atoms with van der Waals surface area (Å²) in [5.74, 6) is -10.2. The lowest BCUT2D eigenvalue weighted by molar-refractivity contribution is -0.169. The van der Waals surface area contributed by atoms with Gasteiger partial charge in [-0.15, -0.1) is 0 Å². The van der Waals surface area contributed by atoms with Crippen LogP contribution in [0.5, 0.6) is 5.75 Å². The first kappa shape index (κ1) is 33.1. The average Bonchev–Trinajstić information content (AvgIpc) is 2.91. The number of aliphatic hydroxyl groups is 4. The second-order valence-electron chi connectivity index (χ2n) is 13.2. The van der Waals surface area contributed by atoms with Gasteiger partial charge in [0.1, 0.15) is 22.8 Å². The maximum absolute atomic E-state index is 14.1. The molecule has 13 nitrogen and oxygen atoms in total. The number of phenolic OH excluding ortho intramolecular Hbond substituents is 1. The van der Waals surface area contributed by atoms with Crippen LogP contribution in [0.2, 0.25) is 0 Å². The Labute approximate surface area is 255 Å². The zero-order valence-electron chi connectivity index (χ0n) is 26.2. The van der Waals surface area contributed by atoms with Crippen LogP contribution in [-0.4, -0.2) is 109 Å². The highest BCUT2D eigenvalue weighted by Crippen LogP contribution is 2.56. The van der Waals surface area contributed by atoms with E-state index in [0.29, 0.717) is 12.0 Å². The second-order valence-corrected chi connectivity index (χ2v) is 13.2. The van der Waals surface area contributed by atoms with Crippen LogP contribution in [0.3, 0.4) is 0 Å². The zero-order chi connectivity index (χ0) is 33.4. The number of carbonyl (C=O) groups excluding carboxylic acids is 4. The van der Waals surface area contributed by atoms with Crippen LogP contribution >= 0.6 is 0 Å². The number of phenols is 1. The number of primary amides is 1. The van der Waals surface area contributed by atoms with Gasteiger partial charge in [-0.3, -0.25) is 29.0 Å². The van der Waals surface area contributed by atoms with E-state index in [9.17, 15) is 44.7 Å². The molecule has 3 aliphatic carbocycles. The number of fused-ring (bicyclic) bond motifs is 3. The Hall–Kier alpha value is -3.78. The Morgan fingerprint density at radius 1 is 1.11 bits per heavy atom. The van der Waals surface area contributed by atoms with Crippen molar-refractivity contribution in [3.63, 3.8) is 0 Å². The summed E-state index contributed by atoms with van der Waals surface area (Å²) < 4.78 is 0. The Bertz CT molecular complexity index is 1510. The van der Waals surface area contributed by atoms with Gasteiger partial charge in [0.2, 0.25) is 11.7 Å². The number of aromatic hydroxyl groups is 1. The molecular formula is C31H42N4O9. The summed E-state index contributed by atoms with van der Waals surface area (Å²) in [6.45, 7) is 9.36. The van der Waals surface area contributed by atoms with Gasteiger partial charge in [0, 0.05) is 17.0 Å². The highest BCUT2D eigenvalue weighted by Gasteiger charge is 2.68. The summed E-state index contributed by atoms with van der Waals surface area (Å²) >= 11 is 0. The van der Waals surface area contributed by atoms with E-state index in [1.54, 1.807) is 13.0 Å². The highest BCUT2D eigenvalue weighted by molar-refractivity contribution is 6.24. The predicted molar refractivity (Wildman–Crippen MR) is 161 cm³/mol. The molecule has 0 aliphatic heterocycles. The number of nitrogens with two attached hydrogens (primary N) is 1. The van der Waals surface area contributed by atoms with Gasteiger partial charge in [-0.05, 0) is 65.9 Å². The van der Waals surface area contributed by atoms with Crippen LogP contribution in [0.1, 0.15) is 58.1 Å². The van der Waals surface area contributed by atoms with Crippen LogP contribution in [0.25, 0.3) is 5.76 Å². The molecule has 13 heteroatoms. The molecule has 7 atom stereocenters. The van der Waals surface area contributed by atoms with Crippen LogP contribution in [0.15, 0.2) is 29.0 Å². The summed E-state index contributed by atoms with van der Waals surface area (Å²) in [4.78, 5) is 56.1. The molecule has 0 saturated heterocycles. The number of ketones is 2. The minimum Gasteiger partial charge on any atom is -0.508 e. The number of aliphatic hydroxyl groups excluding tert-OH is 3. The van der Waals surface area contributed by atoms with Gasteiger partial charge >= 0.3 is 0 Å². The molecule has 0 heterocycles. The van der Waals surface area contributed by atoms with Gasteiger partial charge < -0.3 is 36.6 Å². The van der Waals surface area contributed by atoms with Gasteiger partial charge in [0.25, 0.3) is 5.91 Å². The molecule has 8 N–H and O–H groups in total. The number of rotatable bonds is 6. The monoisotopic (exact) mass is 614 g/mol. The summed E-state index contributed by atoms with van der Waals surface area (Å²) in [5, 5.41) is 60.1. The minimum atomic E-state index is -3.00. The predicted octanol–water partition coefficient (Wildman–Crippen LogP) is 0.943. The molecule has 1 saturated carbocycles. The van der Waals surface area contributed by atoms with E-state index >= 15 is 0 Å². The van der Waals surface area contributed by atoms with Gasteiger partial charge in [-0.25, -0.2) is 0 Å². The van der Waals surface area contributed by atoms with Gasteiger partial charge in [-0.1, -0.05) is 19.9 Å². The quantitative estimate of drug-likeness (QED) is 0.177. The first-order valence-corrected chi connectivity index (χ1v) is 14.5. The SMILES string of the molecule is CCC(C(=O)Nc1ccc2c(c1O)C(O)=C1C(=O)[C@]3(O)C(O)=C(C(N)=O)C(=O)[C@@H](N(C)C)C3C(O)C1C2C)N(C)C(C)(C)C. The van der Waals surface area contributed by atoms with Crippen molar-refractivity contribution in [1.82, 2.24) is 9.80 Å². The molecule has 5 unspecified atom stereocenters. The minimum absolute atomic E-state index is 0.0394. The van der Waals surface area contributed by atoms with Crippen molar-refractivity contribution in [2.24, 2.45) is 17.6 Å². The van der Waals surface area contributed by atoms with Crippen LogP contribution in [0, 0.1) is 11.8 Å². The molecular weight excluding hydrogens is 572 g/mol. The Balaban J connectivity index is 1.89. The lowest BCUT2D eigenvalue weighted by atomic mass is 9.54. The first-order valence-electron chi connectivity index (χ1n) is 14.5. The maximum atomic E-state index is 14.1. The molecule has 44 heavy (non-hydrogen) atoms. The molecule has 0 bridgehead atoms. The van der Waals surface area contributed by atoms with E-state index in [0.717, 1.165) is 0 Å². The topological polar surface area (TPSA) is 214 Å². The molecule has 240 valence electrons. The third kappa shape index (κ3) is 4.61. The van der Waals surface area contributed by atoms with Gasteiger partial charge in [0.15, 0.2) is 11.4 Å². The molecule has 0 spiro atoms. The molecule has 0 radical (unpaired) electrons. The standard InChI is InChI=1S/C31H42N4O9/c1-9-15(35(8)30(3,4)5)29(43)33-14-11-10-13-12(2)16-18(23(37)17(13)22(14)36)26(40)31(44)20(24(16)38)21(34(6)7)25(39)19(27(31)41)28(32)42/h10-12,15-16,20-21,24,36-38,41,44H,9H2,1-8H3,(H2,32,42)(H,33,43)/t12?,15?,16?,20?,21-,24?,31-/m0/s1. The molecule has 1 aromatic carbocycles. The van der Waals surface area contributed by atoms with E-state index in [1.165, 1.54) is 25.1 Å². The molecule has 0 aromatic heterocycles. The summed E-state index contributed by atoms with van der Waals surface area (Å²) in [5.41, 5.74) is 0.623. The molecule has 2 amide bonds. The van der Waals surface area contributed by atoms with Crippen molar-refractivity contribution < 1.29 is 44.7 Å². The number of nitrogens with zero attached hydrogens (tertiary/aromatic N) is 2. The fraction of sp³-hybridized carbons (Fsp3) is 0.548. The fourth-order valence-corrected chi connectivity index (χ4v) is 7.04. The second kappa shape index (κ2) is 11.0. The third-order valence-corrected chi connectivity index (χ3v) is 9.60. The summed E-state index contributed by atoms with van der Waals surface area (Å²) in [7, 11) is 4.70. The average molecular weight is 615 g/mol. The van der Waals surface area contributed by atoms with Crippen molar-refractivity contribution >= 4 is 34.8 Å². The third-order valence-electron chi connectivity index (χ3n) is 9.60. The van der Waals surface area contributed by atoms with Crippen LogP contribution in [-0.2, 0) is 19.2 Å². The van der Waals surface area contributed by atoms with Crippen molar-refractivity contribution in [2.45, 2.75) is 76.3 Å². The number of benzene rings is 1. The van der Waals surface area contributed by atoms with Gasteiger partial charge in [0.05, 0.1) is 35.4 Å². The Morgan fingerprint density at radius 2 is 1.70 bits per heavy atom. The zero-order valence-corrected chi connectivity index (χ0v) is 26.2. The Morgan fingerprint density at radius 3 is 2.20 bits per heavy atom. The number of Topliss-reactive ketones (excluding diaryl/α,β-unsaturated/α-hetero) is 2. The van der Waals surface area contributed by atoms with E-state index in [2.05, 4.69) is 5.32 Å². The normalized spacial score (nSPS) is 29.4. The lowest BCUT2D eigenvalue weighted by Crippen LogP contribution is -2.70. The molecule has 4 rings (SSSR count). The molecule has 3 aliphatic rings. The summed E-state index contributed by atoms with van der Waals surface area (Å²) in [6.07, 6.45) is -1.22. The lowest BCUT2D eigenvalue weighted by Gasteiger charge is -2.53. The van der Waals surface area contributed by atoms with Crippen LogP contribution < -0.4 is 11.1 Å². The number of anilines is 1. The van der Waals surface area contributed by atoms with Crippen molar-refractivity contribution in [3.8, 4) is 5.75 Å². The largest absolute Gasteiger partial charge is 0.508 e. The smallest absolute Gasteiger partial charge is 0.255 e. The number of likely N-dealkylation sites (N-methyl/N-ethyl adjacent to an activating group) is 2. The van der Waals surface area contributed by atoms with E-state index in [-0.39, 0.29) is 16.8 Å².